The van der Waals surface area contributed by atoms with Gasteiger partial charge in [-0.1, -0.05) is 42.1 Å². The Morgan fingerprint density at radius 3 is 2.69 bits per heavy atom. The van der Waals surface area contributed by atoms with Crippen LogP contribution >= 0.6 is 11.8 Å². The number of nitrogens with one attached hydrogen (secondary N) is 2. The lowest BCUT2D eigenvalue weighted by Gasteiger charge is -2.10. The van der Waals surface area contributed by atoms with Crippen molar-refractivity contribution < 1.29 is 9.53 Å². The van der Waals surface area contributed by atoms with Crippen molar-refractivity contribution in [2.24, 2.45) is 4.99 Å². The first-order valence-corrected chi connectivity index (χ1v) is 9.19. The molecule has 6 nitrogen and oxygen atoms in total. The smallest absolute Gasteiger partial charge is 0.253 e. The molecule has 2 rings (SSSR count). The number of methoxy groups -OCH3 is 1. The first kappa shape index (κ1) is 19.3. The van der Waals surface area contributed by atoms with Crippen LogP contribution in [-0.4, -0.2) is 31.0 Å². The molecule has 7 heteroatoms. The number of carbonyl (C=O) groups excluding carboxylic acids is 1. The number of amidine groups is 1. The van der Waals surface area contributed by atoms with Gasteiger partial charge in [-0.15, -0.1) is 0 Å². The molecule has 0 radical (unpaired) electrons. The highest BCUT2D eigenvalue weighted by Gasteiger charge is 2.11. The van der Waals surface area contributed by atoms with E-state index in [1.54, 1.807) is 37.6 Å². The maximum Gasteiger partial charge on any atom is 0.253 e. The first-order chi connectivity index (χ1) is 12.7. The highest BCUT2D eigenvalue weighted by Crippen LogP contribution is 2.20. The van der Waals surface area contributed by atoms with Crippen LogP contribution in [0, 0.1) is 11.5 Å². The Morgan fingerprint density at radius 1 is 1.23 bits per heavy atom. The Labute approximate surface area is 157 Å². The number of para-hydroxylation sites is 2. The Balaban J connectivity index is 2.07. The quantitative estimate of drug-likeness (QED) is 0.354. The molecular weight excluding hydrogens is 348 g/mol. The lowest BCUT2D eigenvalue weighted by molar-refractivity contribution is 0.0955. The zero-order valence-electron chi connectivity index (χ0n) is 14.7. The van der Waals surface area contributed by atoms with E-state index in [0.717, 1.165) is 11.3 Å². The second kappa shape index (κ2) is 10.1. The van der Waals surface area contributed by atoms with Crippen LogP contribution in [0.1, 0.15) is 15.9 Å². The number of aliphatic imine (C=N–C) groups is 1. The van der Waals surface area contributed by atoms with E-state index in [-0.39, 0.29) is 5.91 Å². The maximum absolute atomic E-state index is 12.5. The summed E-state index contributed by atoms with van der Waals surface area (Å²) >= 11 is 1.30. The summed E-state index contributed by atoms with van der Waals surface area (Å²) in [6.45, 7) is 0.475. The van der Waals surface area contributed by atoms with Gasteiger partial charge in [-0.25, -0.2) is 4.99 Å². The van der Waals surface area contributed by atoms with Gasteiger partial charge in [0.15, 0.2) is 11.4 Å². The lowest BCUT2D eigenvalue weighted by atomic mass is 10.1. The number of hydrogen-bond donors (Lipinski definition) is 2. The first-order valence-electron chi connectivity index (χ1n) is 7.96. The number of ether oxygens (including phenoxy) is 1. The van der Waals surface area contributed by atoms with E-state index in [1.165, 1.54) is 11.8 Å². The molecule has 0 aliphatic heterocycles. The molecule has 1 amide bonds. The SMILES string of the molecule is COc1ccccc1CCNC(=O)c1ccccc1N=C(NC#N)SC. The van der Waals surface area contributed by atoms with Crippen LogP contribution in [0.4, 0.5) is 5.69 Å². The summed E-state index contributed by atoms with van der Waals surface area (Å²) in [4.78, 5) is 16.9. The molecule has 0 bridgehead atoms. The van der Waals surface area contributed by atoms with Crippen LogP contribution in [0.5, 0.6) is 5.75 Å². The molecule has 0 heterocycles. The fraction of sp³-hybridized carbons (Fsp3) is 0.211. The third-order valence-corrected chi connectivity index (χ3v) is 4.18. The normalized spacial score (nSPS) is 10.7. The second-order valence-corrected chi connectivity index (χ2v) is 5.99. The Hall–Kier alpha value is -2.98. The summed E-state index contributed by atoms with van der Waals surface area (Å²) in [6.07, 6.45) is 4.30. The molecule has 0 aromatic heterocycles. The van der Waals surface area contributed by atoms with Crippen molar-refractivity contribution in [1.29, 1.82) is 5.26 Å². The van der Waals surface area contributed by atoms with Crippen LogP contribution in [0.25, 0.3) is 0 Å². The van der Waals surface area contributed by atoms with Gasteiger partial charge in [-0.3, -0.25) is 10.1 Å². The van der Waals surface area contributed by atoms with Crippen molar-refractivity contribution in [1.82, 2.24) is 10.6 Å². The molecule has 0 saturated carbocycles. The molecular formula is C19H20N4O2S. The van der Waals surface area contributed by atoms with Gasteiger partial charge < -0.3 is 10.1 Å². The molecule has 0 spiro atoms. The maximum atomic E-state index is 12.5. The summed E-state index contributed by atoms with van der Waals surface area (Å²) in [7, 11) is 1.63. The van der Waals surface area contributed by atoms with E-state index >= 15 is 0 Å². The number of nitriles is 1. The predicted molar refractivity (Wildman–Crippen MR) is 105 cm³/mol. The highest BCUT2D eigenvalue weighted by atomic mass is 32.2. The minimum atomic E-state index is -0.211. The molecule has 2 N–H and O–H groups in total. The minimum absolute atomic E-state index is 0.211. The van der Waals surface area contributed by atoms with Gasteiger partial charge in [-0.05, 0) is 36.4 Å². The Bertz CT molecular complexity index is 830. The summed E-state index contributed by atoms with van der Waals surface area (Å²) in [5.74, 6) is 0.593. The van der Waals surface area contributed by atoms with E-state index in [9.17, 15) is 4.79 Å². The van der Waals surface area contributed by atoms with Crippen molar-refractivity contribution in [2.45, 2.75) is 6.42 Å². The van der Waals surface area contributed by atoms with Crippen LogP contribution < -0.4 is 15.4 Å². The van der Waals surface area contributed by atoms with E-state index < -0.39 is 0 Å². The Kier molecular flexibility index (Phi) is 7.52. The Morgan fingerprint density at radius 2 is 1.96 bits per heavy atom. The van der Waals surface area contributed by atoms with E-state index in [1.807, 2.05) is 30.5 Å². The molecule has 0 fully saturated rings. The second-order valence-electron chi connectivity index (χ2n) is 5.19. The number of nitrogens with zero attached hydrogens (tertiary/aromatic N) is 2. The van der Waals surface area contributed by atoms with Gasteiger partial charge in [0.1, 0.15) is 5.75 Å². The number of rotatable bonds is 6. The van der Waals surface area contributed by atoms with E-state index in [4.69, 9.17) is 10.00 Å². The lowest BCUT2D eigenvalue weighted by Crippen LogP contribution is -2.26. The molecule has 26 heavy (non-hydrogen) atoms. The molecule has 0 unspecified atom stereocenters. The number of amides is 1. The van der Waals surface area contributed by atoms with E-state index in [2.05, 4.69) is 15.6 Å². The van der Waals surface area contributed by atoms with Gasteiger partial charge in [0.2, 0.25) is 0 Å². The van der Waals surface area contributed by atoms with Crippen LogP contribution in [0.2, 0.25) is 0 Å². The standard InChI is InChI=1S/C19H20N4O2S/c1-25-17-10-6-3-7-14(17)11-12-21-18(24)15-8-4-5-9-16(15)23-19(26-2)22-13-20/h3-10H,11-12H2,1-2H3,(H,21,24)(H,22,23). The van der Waals surface area contributed by atoms with E-state index in [0.29, 0.717) is 29.4 Å². The fourth-order valence-corrected chi connectivity index (χ4v) is 2.70. The summed E-state index contributed by atoms with van der Waals surface area (Å²) < 4.78 is 5.32. The molecule has 0 atom stereocenters. The molecule has 134 valence electrons. The number of benzene rings is 2. The minimum Gasteiger partial charge on any atom is -0.496 e. The topological polar surface area (TPSA) is 86.5 Å². The van der Waals surface area contributed by atoms with Crippen LogP contribution in [0.15, 0.2) is 53.5 Å². The summed E-state index contributed by atoms with van der Waals surface area (Å²) in [5, 5.41) is 14.6. The molecule has 2 aromatic rings. The molecule has 0 aliphatic rings. The van der Waals surface area contributed by atoms with Gasteiger partial charge in [0.05, 0.1) is 18.4 Å². The average molecular weight is 368 g/mol. The van der Waals surface area contributed by atoms with Crippen LogP contribution in [0.3, 0.4) is 0 Å². The largest absolute Gasteiger partial charge is 0.496 e. The predicted octanol–water partition coefficient (Wildman–Crippen LogP) is 3.09. The molecule has 0 saturated heterocycles. The van der Waals surface area contributed by atoms with Gasteiger partial charge in [-0.2, -0.15) is 5.26 Å². The molecule has 2 aromatic carbocycles. The summed E-state index contributed by atoms with van der Waals surface area (Å²) in [6, 6.07) is 14.8. The van der Waals surface area contributed by atoms with Crippen molar-refractivity contribution in [3.05, 3.63) is 59.7 Å². The highest BCUT2D eigenvalue weighted by molar-refractivity contribution is 8.13. The van der Waals surface area contributed by atoms with Gasteiger partial charge in [0, 0.05) is 6.54 Å². The number of hydrogen-bond acceptors (Lipinski definition) is 5. The van der Waals surface area contributed by atoms with Crippen molar-refractivity contribution in [3.8, 4) is 11.9 Å². The third kappa shape index (κ3) is 5.26. The summed E-state index contributed by atoms with van der Waals surface area (Å²) in [5.41, 5.74) is 2.00. The average Bonchev–Trinajstić information content (AvgIpc) is 2.68. The zero-order valence-corrected chi connectivity index (χ0v) is 15.5. The monoisotopic (exact) mass is 368 g/mol. The van der Waals surface area contributed by atoms with Crippen molar-refractivity contribution in [3.63, 3.8) is 0 Å². The van der Waals surface area contributed by atoms with Crippen molar-refractivity contribution in [2.75, 3.05) is 19.9 Å². The fourth-order valence-electron chi connectivity index (χ4n) is 2.36. The zero-order chi connectivity index (χ0) is 18.8. The molecule has 0 aliphatic carbocycles. The van der Waals surface area contributed by atoms with Gasteiger partial charge in [0.25, 0.3) is 5.91 Å². The van der Waals surface area contributed by atoms with Gasteiger partial charge >= 0.3 is 0 Å². The number of thioether (sulfide) groups is 1. The van der Waals surface area contributed by atoms with Crippen LogP contribution in [-0.2, 0) is 6.42 Å². The van der Waals surface area contributed by atoms with Crippen molar-refractivity contribution >= 4 is 28.5 Å². The number of carbonyl (C=O) groups is 1. The third-order valence-electron chi connectivity index (χ3n) is 3.60.